The Balaban J connectivity index is 0.00000102. The van der Waals surface area contributed by atoms with Crippen molar-refractivity contribution in [3.63, 3.8) is 0 Å². The Morgan fingerprint density at radius 1 is 0.682 bits per heavy atom. The molecule has 0 heterocycles. The highest BCUT2D eigenvalue weighted by Crippen LogP contribution is 2.46. The van der Waals surface area contributed by atoms with Crippen LogP contribution < -0.4 is 0 Å². The van der Waals surface area contributed by atoms with E-state index in [-0.39, 0.29) is 0 Å². The van der Waals surface area contributed by atoms with E-state index in [9.17, 15) is 0 Å². The molecule has 0 saturated heterocycles. The Hall–Kier alpha value is 0. The standard InChI is InChI=1S/C18H34.2C2H6/c1-5-15-9-10-17(12-14(4)18(15)6-2)16-8-7-13(3)11-16;2*1-2/h13-18H,5-12H2,1-4H3;2*1-2H3. The average Bonchev–Trinajstić information content (AvgIpc) is 2.92. The molecule has 0 aliphatic heterocycles. The Bertz CT molecular complexity index is 244. The minimum absolute atomic E-state index is 0.975. The number of hydrogen-bond acceptors (Lipinski definition) is 0. The summed E-state index contributed by atoms with van der Waals surface area (Å²) < 4.78 is 0. The molecule has 0 radical (unpaired) electrons. The van der Waals surface area contributed by atoms with E-state index in [0.29, 0.717) is 0 Å². The van der Waals surface area contributed by atoms with Crippen molar-refractivity contribution in [3.8, 4) is 0 Å². The van der Waals surface area contributed by atoms with Gasteiger partial charge >= 0.3 is 0 Å². The zero-order valence-corrected chi connectivity index (χ0v) is 17.1. The summed E-state index contributed by atoms with van der Waals surface area (Å²) in [6.07, 6.45) is 12.0. The van der Waals surface area contributed by atoms with Crippen molar-refractivity contribution in [2.75, 3.05) is 0 Å². The summed E-state index contributed by atoms with van der Waals surface area (Å²) in [6.45, 7) is 17.8. The molecule has 22 heavy (non-hydrogen) atoms. The zero-order chi connectivity index (χ0) is 17.1. The molecule has 2 aliphatic carbocycles. The van der Waals surface area contributed by atoms with Gasteiger partial charge in [0, 0.05) is 0 Å². The van der Waals surface area contributed by atoms with Crippen LogP contribution >= 0.6 is 0 Å². The molecule has 0 amide bonds. The minimum Gasteiger partial charge on any atom is -0.0683 e. The van der Waals surface area contributed by atoms with Crippen molar-refractivity contribution < 1.29 is 0 Å². The Labute approximate surface area is 142 Å². The fourth-order valence-corrected chi connectivity index (χ4v) is 5.23. The molecule has 134 valence electrons. The van der Waals surface area contributed by atoms with Crippen molar-refractivity contribution >= 4 is 0 Å². The summed E-state index contributed by atoms with van der Waals surface area (Å²) in [6, 6.07) is 0. The van der Waals surface area contributed by atoms with Gasteiger partial charge in [-0.05, 0) is 67.6 Å². The normalized spacial score (nSPS) is 38.2. The molecular weight excluding hydrogens is 264 g/mol. The van der Waals surface area contributed by atoms with Crippen LogP contribution in [0, 0.1) is 35.5 Å². The molecular formula is C22H46. The first-order chi connectivity index (χ1) is 10.7. The molecule has 2 rings (SSSR count). The number of rotatable bonds is 3. The van der Waals surface area contributed by atoms with E-state index in [0.717, 1.165) is 35.5 Å². The van der Waals surface area contributed by atoms with E-state index in [2.05, 4.69) is 27.7 Å². The fraction of sp³-hybridized carbons (Fsp3) is 1.00. The van der Waals surface area contributed by atoms with E-state index in [1.807, 2.05) is 27.7 Å². The van der Waals surface area contributed by atoms with Crippen LogP contribution in [0.4, 0.5) is 0 Å². The van der Waals surface area contributed by atoms with Gasteiger partial charge in [0.05, 0.1) is 0 Å². The second kappa shape index (κ2) is 12.4. The van der Waals surface area contributed by atoms with Gasteiger partial charge in [-0.3, -0.25) is 0 Å². The number of hydrogen-bond donors (Lipinski definition) is 0. The molecule has 0 aromatic rings. The third kappa shape index (κ3) is 6.25. The molecule has 6 atom stereocenters. The van der Waals surface area contributed by atoms with Gasteiger partial charge in [0.25, 0.3) is 0 Å². The predicted molar refractivity (Wildman–Crippen MR) is 103 cm³/mol. The molecule has 0 N–H and O–H groups in total. The Morgan fingerprint density at radius 3 is 1.68 bits per heavy atom. The first-order valence-electron chi connectivity index (χ1n) is 10.7. The maximum Gasteiger partial charge on any atom is -0.0363 e. The SMILES string of the molecule is CC.CC.CCC1CCC(C2CCC(C)C2)CC(C)C1CC. The van der Waals surface area contributed by atoms with Crippen LogP contribution in [0.5, 0.6) is 0 Å². The molecule has 6 unspecified atom stereocenters. The van der Waals surface area contributed by atoms with E-state index in [4.69, 9.17) is 0 Å². The Morgan fingerprint density at radius 2 is 1.23 bits per heavy atom. The summed E-state index contributed by atoms with van der Waals surface area (Å²) in [7, 11) is 0. The van der Waals surface area contributed by atoms with Gasteiger partial charge in [0.15, 0.2) is 0 Å². The van der Waals surface area contributed by atoms with Gasteiger partial charge < -0.3 is 0 Å². The molecule has 0 aromatic heterocycles. The highest BCUT2D eigenvalue weighted by atomic mass is 14.4. The molecule has 0 bridgehead atoms. The Kier molecular flexibility index (Phi) is 12.4. The quantitative estimate of drug-likeness (QED) is 0.464. The van der Waals surface area contributed by atoms with E-state index < -0.39 is 0 Å². The van der Waals surface area contributed by atoms with E-state index >= 15 is 0 Å². The van der Waals surface area contributed by atoms with Crippen LogP contribution in [0.25, 0.3) is 0 Å². The zero-order valence-electron chi connectivity index (χ0n) is 17.1. The molecule has 2 saturated carbocycles. The van der Waals surface area contributed by atoms with Crippen molar-refractivity contribution in [3.05, 3.63) is 0 Å². The minimum atomic E-state index is 0.975. The maximum absolute atomic E-state index is 2.55. The first kappa shape index (κ1) is 22.0. The van der Waals surface area contributed by atoms with E-state index in [1.165, 1.54) is 51.4 Å². The smallest absolute Gasteiger partial charge is 0.0363 e. The third-order valence-corrected chi connectivity index (χ3v) is 6.32. The monoisotopic (exact) mass is 310 g/mol. The lowest BCUT2D eigenvalue weighted by atomic mass is 9.77. The molecule has 0 spiro atoms. The highest BCUT2D eigenvalue weighted by molar-refractivity contribution is 4.86. The van der Waals surface area contributed by atoms with Crippen molar-refractivity contribution in [2.24, 2.45) is 35.5 Å². The molecule has 2 fully saturated rings. The molecule has 0 nitrogen and oxygen atoms in total. The summed E-state index contributed by atoms with van der Waals surface area (Å²) in [5, 5.41) is 0. The van der Waals surface area contributed by atoms with Crippen LogP contribution in [-0.2, 0) is 0 Å². The van der Waals surface area contributed by atoms with Gasteiger partial charge in [-0.25, -0.2) is 0 Å². The van der Waals surface area contributed by atoms with Crippen LogP contribution in [0.3, 0.4) is 0 Å². The maximum atomic E-state index is 2.55. The van der Waals surface area contributed by atoms with Crippen LogP contribution in [0.1, 0.15) is 107 Å². The highest BCUT2D eigenvalue weighted by Gasteiger charge is 2.35. The van der Waals surface area contributed by atoms with Crippen LogP contribution in [0.15, 0.2) is 0 Å². The summed E-state index contributed by atoms with van der Waals surface area (Å²) in [5.74, 6) is 6.17. The van der Waals surface area contributed by atoms with E-state index in [1.54, 1.807) is 0 Å². The lowest BCUT2D eigenvalue weighted by Gasteiger charge is -2.28. The summed E-state index contributed by atoms with van der Waals surface area (Å²) >= 11 is 0. The second-order valence-electron chi connectivity index (χ2n) is 7.47. The van der Waals surface area contributed by atoms with Gasteiger partial charge in [-0.2, -0.15) is 0 Å². The molecule has 0 heteroatoms. The van der Waals surface area contributed by atoms with Crippen LogP contribution in [-0.4, -0.2) is 0 Å². The summed E-state index contributed by atoms with van der Waals surface area (Å²) in [4.78, 5) is 0. The lowest BCUT2D eigenvalue weighted by Crippen LogP contribution is -2.20. The molecule has 0 aromatic carbocycles. The first-order valence-corrected chi connectivity index (χ1v) is 10.7. The largest absolute Gasteiger partial charge is 0.0683 e. The lowest BCUT2D eigenvalue weighted by molar-refractivity contribution is 0.214. The second-order valence-corrected chi connectivity index (χ2v) is 7.47. The van der Waals surface area contributed by atoms with Crippen molar-refractivity contribution in [1.29, 1.82) is 0 Å². The predicted octanol–water partition coefficient (Wildman–Crippen LogP) is 7.96. The molecule has 2 aliphatic rings. The average molecular weight is 311 g/mol. The fourth-order valence-electron chi connectivity index (χ4n) is 5.23. The third-order valence-electron chi connectivity index (χ3n) is 6.32. The van der Waals surface area contributed by atoms with Crippen molar-refractivity contribution in [2.45, 2.75) is 107 Å². The van der Waals surface area contributed by atoms with Gasteiger partial charge in [-0.1, -0.05) is 74.7 Å². The van der Waals surface area contributed by atoms with Gasteiger partial charge in [-0.15, -0.1) is 0 Å². The topological polar surface area (TPSA) is 0 Å². The van der Waals surface area contributed by atoms with Crippen molar-refractivity contribution in [1.82, 2.24) is 0 Å². The summed E-state index contributed by atoms with van der Waals surface area (Å²) in [5.41, 5.74) is 0. The van der Waals surface area contributed by atoms with Crippen LogP contribution in [0.2, 0.25) is 0 Å². The van der Waals surface area contributed by atoms with Gasteiger partial charge in [0.1, 0.15) is 0 Å². The van der Waals surface area contributed by atoms with Gasteiger partial charge in [0.2, 0.25) is 0 Å².